The summed E-state index contributed by atoms with van der Waals surface area (Å²) in [7, 11) is 0. The maximum atomic E-state index is 12.9. The number of nitrogens with one attached hydrogen (secondary N) is 3. The van der Waals surface area contributed by atoms with Crippen LogP contribution >= 0.6 is 0 Å². The normalized spacial score (nSPS) is 16.2. The monoisotopic (exact) mass is 444 g/mol. The lowest BCUT2D eigenvalue weighted by molar-refractivity contribution is -0.143. The number of hydrogen-bond donors (Lipinski definition) is 6. The van der Waals surface area contributed by atoms with E-state index >= 15 is 0 Å². The first-order valence-corrected chi connectivity index (χ1v) is 10.8. The van der Waals surface area contributed by atoms with Crippen molar-refractivity contribution in [3.63, 3.8) is 0 Å². The number of hydrogen-bond acceptors (Lipinski definition) is 6. The molecule has 0 saturated heterocycles. The van der Waals surface area contributed by atoms with Gasteiger partial charge in [0.15, 0.2) is 0 Å². The summed E-state index contributed by atoms with van der Waals surface area (Å²) in [5.41, 5.74) is 5.52. The summed E-state index contributed by atoms with van der Waals surface area (Å²) in [6, 6.07) is -4.15. The number of carbonyl (C=O) groups excluding carboxylic acids is 3. The van der Waals surface area contributed by atoms with E-state index in [1.165, 1.54) is 0 Å². The molecule has 180 valence electrons. The van der Waals surface area contributed by atoms with Crippen LogP contribution in [0.25, 0.3) is 0 Å². The molecule has 0 fully saturated rings. The maximum absolute atomic E-state index is 12.9. The molecule has 0 heterocycles. The van der Waals surface area contributed by atoms with Crippen LogP contribution in [0.15, 0.2) is 0 Å². The molecule has 10 nitrogen and oxygen atoms in total. The van der Waals surface area contributed by atoms with Crippen molar-refractivity contribution < 1.29 is 29.4 Å². The van der Waals surface area contributed by atoms with E-state index in [0.717, 1.165) is 0 Å². The van der Waals surface area contributed by atoms with Crippen molar-refractivity contribution in [1.29, 1.82) is 0 Å². The Morgan fingerprint density at radius 2 is 1.29 bits per heavy atom. The highest BCUT2D eigenvalue weighted by Gasteiger charge is 2.33. The molecule has 10 heteroatoms. The zero-order chi connectivity index (χ0) is 24.3. The van der Waals surface area contributed by atoms with Crippen LogP contribution in [0, 0.1) is 17.8 Å². The zero-order valence-corrected chi connectivity index (χ0v) is 19.5. The van der Waals surface area contributed by atoms with E-state index in [0.29, 0.717) is 12.8 Å². The molecular weight excluding hydrogens is 404 g/mol. The van der Waals surface area contributed by atoms with Crippen LogP contribution in [0.4, 0.5) is 0 Å². The second-order valence-corrected chi connectivity index (χ2v) is 8.88. The van der Waals surface area contributed by atoms with Crippen molar-refractivity contribution in [2.75, 3.05) is 6.61 Å². The molecule has 0 spiro atoms. The fourth-order valence-corrected chi connectivity index (χ4v) is 2.97. The molecule has 0 bridgehead atoms. The first kappa shape index (κ1) is 28.8. The van der Waals surface area contributed by atoms with E-state index in [-0.39, 0.29) is 24.2 Å². The molecule has 0 aliphatic heterocycles. The summed E-state index contributed by atoms with van der Waals surface area (Å²) in [5.74, 6) is -3.12. The molecule has 31 heavy (non-hydrogen) atoms. The smallest absolute Gasteiger partial charge is 0.326 e. The fourth-order valence-electron chi connectivity index (χ4n) is 2.97. The molecule has 0 aliphatic carbocycles. The number of carboxylic acids is 1. The molecule has 5 unspecified atom stereocenters. The number of amides is 3. The Hall–Kier alpha value is -2.20. The Kier molecular flexibility index (Phi) is 13.0. The third-order valence-corrected chi connectivity index (χ3v) is 4.99. The van der Waals surface area contributed by atoms with Gasteiger partial charge in [0.2, 0.25) is 17.7 Å². The highest BCUT2D eigenvalue weighted by molar-refractivity contribution is 5.94. The lowest BCUT2D eigenvalue weighted by Crippen LogP contribution is -2.59. The summed E-state index contributed by atoms with van der Waals surface area (Å²) in [6.07, 6.45) is 1.12. The van der Waals surface area contributed by atoms with Gasteiger partial charge in [-0.05, 0) is 30.6 Å². The van der Waals surface area contributed by atoms with Crippen LogP contribution in [0.1, 0.15) is 60.8 Å². The van der Waals surface area contributed by atoms with Gasteiger partial charge in [-0.2, -0.15) is 0 Å². The quantitative estimate of drug-likeness (QED) is 0.219. The lowest BCUT2D eigenvalue weighted by Gasteiger charge is -2.28. The Morgan fingerprint density at radius 1 is 0.806 bits per heavy atom. The number of aliphatic hydroxyl groups is 1. The Labute approximate surface area is 184 Å². The van der Waals surface area contributed by atoms with Gasteiger partial charge in [0.05, 0.1) is 6.61 Å². The molecule has 0 rings (SSSR count). The average Bonchev–Trinajstić information content (AvgIpc) is 2.68. The molecule has 0 radical (unpaired) electrons. The maximum Gasteiger partial charge on any atom is 0.326 e. The number of aliphatic carboxylic acids is 1. The molecule has 7 N–H and O–H groups in total. The van der Waals surface area contributed by atoms with Gasteiger partial charge in [-0.25, -0.2) is 4.79 Å². The molecule has 3 amide bonds. The van der Waals surface area contributed by atoms with Crippen LogP contribution in [-0.4, -0.2) is 64.7 Å². The van der Waals surface area contributed by atoms with Crippen molar-refractivity contribution in [3.05, 3.63) is 0 Å². The number of rotatable bonds is 14. The van der Waals surface area contributed by atoms with E-state index in [2.05, 4.69) is 16.0 Å². The van der Waals surface area contributed by atoms with Crippen LogP contribution in [-0.2, 0) is 19.2 Å². The van der Waals surface area contributed by atoms with Crippen LogP contribution in [0.3, 0.4) is 0 Å². The molecule has 0 aliphatic rings. The third-order valence-electron chi connectivity index (χ3n) is 4.99. The largest absolute Gasteiger partial charge is 0.480 e. The minimum atomic E-state index is -1.16. The number of carboxylic acid groups (broad SMARTS) is 1. The minimum absolute atomic E-state index is 0.0550. The highest BCUT2D eigenvalue weighted by Crippen LogP contribution is 2.12. The fraction of sp³-hybridized carbons (Fsp3) is 0.810. The summed E-state index contributed by atoms with van der Waals surface area (Å²) >= 11 is 0. The van der Waals surface area contributed by atoms with Crippen LogP contribution in [0.5, 0.6) is 0 Å². The standard InChI is InChI=1S/C21H40N4O6/c1-7-13(6)17(20(29)24-16(21(30)31)9-12(4)5)25-19(28)15(8-11(2)3)23-18(27)14(22)10-26/h11-17,26H,7-10,22H2,1-6H3,(H,23,27)(H,24,29)(H,25,28)(H,30,31). The summed E-state index contributed by atoms with van der Waals surface area (Å²) in [5, 5.41) is 26.2. The summed E-state index contributed by atoms with van der Waals surface area (Å²) in [4.78, 5) is 49.4. The van der Waals surface area contributed by atoms with Gasteiger partial charge in [0, 0.05) is 0 Å². The second kappa shape index (κ2) is 14.0. The van der Waals surface area contributed by atoms with Gasteiger partial charge in [-0.15, -0.1) is 0 Å². The molecule has 5 atom stereocenters. The van der Waals surface area contributed by atoms with Crippen molar-refractivity contribution in [2.24, 2.45) is 23.5 Å². The number of nitrogens with two attached hydrogens (primary N) is 1. The van der Waals surface area contributed by atoms with Crippen molar-refractivity contribution in [2.45, 2.75) is 85.0 Å². The van der Waals surface area contributed by atoms with Gasteiger partial charge in [-0.3, -0.25) is 14.4 Å². The Balaban J connectivity index is 5.52. The van der Waals surface area contributed by atoms with Gasteiger partial charge in [-0.1, -0.05) is 48.0 Å². The van der Waals surface area contributed by atoms with Gasteiger partial charge >= 0.3 is 5.97 Å². The van der Waals surface area contributed by atoms with Crippen molar-refractivity contribution in [1.82, 2.24) is 16.0 Å². The Bertz CT molecular complexity index is 611. The molecule has 0 saturated carbocycles. The van der Waals surface area contributed by atoms with E-state index in [9.17, 15) is 24.3 Å². The lowest BCUT2D eigenvalue weighted by atomic mass is 9.95. The molecular formula is C21H40N4O6. The van der Waals surface area contributed by atoms with E-state index in [4.69, 9.17) is 10.8 Å². The summed E-state index contributed by atoms with van der Waals surface area (Å²) < 4.78 is 0. The van der Waals surface area contributed by atoms with E-state index in [1.807, 2.05) is 34.6 Å². The summed E-state index contributed by atoms with van der Waals surface area (Å²) in [6.45, 7) is 10.5. The van der Waals surface area contributed by atoms with E-state index < -0.39 is 54.5 Å². The van der Waals surface area contributed by atoms with Crippen molar-refractivity contribution >= 4 is 23.7 Å². The average molecular weight is 445 g/mol. The number of carbonyl (C=O) groups is 4. The SMILES string of the molecule is CCC(C)C(NC(=O)C(CC(C)C)NC(=O)C(N)CO)C(=O)NC(CC(C)C)C(=O)O. The van der Waals surface area contributed by atoms with Gasteiger partial charge in [0.1, 0.15) is 24.2 Å². The first-order valence-electron chi connectivity index (χ1n) is 10.8. The Morgan fingerprint density at radius 3 is 1.71 bits per heavy atom. The van der Waals surface area contributed by atoms with Gasteiger partial charge in [0.25, 0.3) is 0 Å². The minimum Gasteiger partial charge on any atom is -0.480 e. The molecule has 0 aromatic heterocycles. The number of aliphatic hydroxyl groups excluding tert-OH is 1. The third kappa shape index (κ3) is 10.6. The molecule has 0 aromatic rings. The predicted molar refractivity (Wildman–Crippen MR) is 117 cm³/mol. The highest BCUT2D eigenvalue weighted by atomic mass is 16.4. The van der Waals surface area contributed by atoms with Gasteiger partial charge < -0.3 is 31.9 Å². The molecule has 0 aromatic carbocycles. The van der Waals surface area contributed by atoms with Crippen molar-refractivity contribution in [3.8, 4) is 0 Å². The zero-order valence-electron chi connectivity index (χ0n) is 19.5. The van der Waals surface area contributed by atoms with E-state index in [1.54, 1.807) is 6.92 Å². The van der Waals surface area contributed by atoms with Crippen LogP contribution in [0.2, 0.25) is 0 Å². The topological polar surface area (TPSA) is 171 Å². The van der Waals surface area contributed by atoms with Crippen LogP contribution < -0.4 is 21.7 Å². The first-order chi connectivity index (χ1) is 14.3. The second-order valence-electron chi connectivity index (χ2n) is 8.88. The predicted octanol–water partition coefficient (Wildman–Crippen LogP) is -0.0167.